The molecule has 6 nitrogen and oxygen atoms in total. The van der Waals surface area contributed by atoms with E-state index in [2.05, 4.69) is 16.0 Å². The minimum absolute atomic E-state index is 0.128. The highest BCUT2D eigenvalue weighted by Gasteiger charge is 2.25. The van der Waals surface area contributed by atoms with E-state index in [4.69, 9.17) is 5.11 Å². The van der Waals surface area contributed by atoms with E-state index in [-0.39, 0.29) is 11.9 Å². The summed E-state index contributed by atoms with van der Waals surface area (Å²) in [4.78, 5) is 22.3. The lowest BCUT2D eigenvalue weighted by atomic mass is 9.82. The molecule has 0 aliphatic heterocycles. The van der Waals surface area contributed by atoms with Gasteiger partial charge >= 0.3 is 12.0 Å². The Kier molecular flexibility index (Phi) is 7.25. The molecule has 0 aromatic heterocycles. The van der Waals surface area contributed by atoms with Gasteiger partial charge < -0.3 is 21.1 Å². The molecule has 1 aliphatic carbocycles. The average molecular weight is 271 g/mol. The smallest absolute Gasteiger partial charge is 0.314 e. The molecule has 0 heterocycles. The molecular formula is C13H25N3O3. The number of carboxylic acids is 1. The van der Waals surface area contributed by atoms with Gasteiger partial charge in [0.2, 0.25) is 0 Å². The van der Waals surface area contributed by atoms with Crippen molar-refractivity contribution in [3.8, 4) is 0 Å². The van der Waals surface area contributed by atoms with Crippen molar-refractivity contribution in [1.82, 2.24) is 16.0 Å². The van der Waals surface area contributed by atoms with Crippen molar-refractivity contribution in [2.45, 2.75) is 32.1 Å². The maximum atomic E-state index is 11.5. The van der Waals surface area contributed by atoms with Crippen LogP contribution >= 0.6 is 0 Å². The minimum atomic E-state index is -0.686. The molecule has 1 fully saturated rings. The number of urea groups is 1. The zero-order chi connectivity index (χ0) is 14.1. The van der Waals surface area contributed by atoms with Crippen molar-refractivity contribution in [1.29, 1.82) is 0 Å². The number of carbonyl (C=O) groups is 2. The Morgan fingerprint density at radius 2 is 1.79 bits per heavy atom. The predicted molar refractivity (Wildman–Crippen MR) is 73.0 cm³/mol. The van der Waals surface area contributed by atoms with Crippen molar-refractivity contribution in [3.63, 3.8) is 0 Å². The van der Waals surface area contributed by atoms with E-state index in [1.807, 2.05) is 7.05 Å². The topological polar surface area (TPSA) is 90.5 Å². The van der Waals surface area contributed by atoms with E-state index in [1.54, 1.807) is 0 Å². The zero-order valence-corrected chi connectivity index (χ0v) is 11.6. The van der Waals surface area contributed by atoms with E-state index in [1.165, 1.54) is 0 Å². The predicted octanol–water partition coefficient (Wildman–Crippen LogP) is 0.786. The summed E-state index contributed by atoms with van der Waals surface area (Å²) in [6.45, 7) is 2.20. The summed E-state index contributed by atoms with van der Waals surface area (Å²) in [5.41, 5.74) is 0. The van der Waals surface area contributed by atoms with Crippen LogP contribution in [-0.4, -0.2) is 43.8 Å². The molecule has 0 unspecified atom stereocenters. The number of hydrogen-bond acceptors (Lipinski definition) is 3. The lowest BCUT2D eigenvalue weighted by molar-refractivity contribution is -0.143. The fourth-order valence-corrected chi connectivity index (χ4v) is 2.38. The van der Waals surface area contributed by atoms with Crippen LogP contribution in [0.1, 0.15) is 32.1 Å². The molecule has 4 N–H and O–H groups in total. The first kappa shape index (κ1) is 15.8. The van der Waals surface area contributed by atoms with Gasteiger partial charge in [-0.2, -0.15) is 0 Å². The van der Waals surface area contributed by atoms with Gasteiger partial charge in [-0.25, -0.2) is 4.79 Å². The third kappa shape index (κ3) is 6.42. The second-order valence-electron chi connectivity index (χ2n) is 5.15. The summed E-state index contributed by atoms with van der Waals surface area (Å²) < 4.78 is 0. The second-order valence-corrected chi connectivity index (χ2v) is 5.15. The van der Waals surface area contributed by atoms with Crippen LogP contribution in [0.4, 0.5) is 4.79 Å². The van der Waals surface area contributed by atoms with Crippen LogP contribution in [0, 0.1) is 11.8 Å². The van der Waals surface area contributed by atoms with Gasteiger partial charge in [-0.3, -0.25) is 4.79 Å². The van der Waals surface area contributed by atoms with Gasteiger partial charge in [0.1, 0.15) is 0 Å². The van der Waals surface area contributed by atoms with Crippen LogP contribution in [0.3, 0.4) is 0 Å². The minimum Gasteiger partial charge on any atom is -0.481 e. The highest BCUT2D eigenvalue weighted by Crippen LogP contribution is 2.28. The van der Waals surface area contributed by atoms with Gasteiger partial charge in [0.25, 0.3) is 0 Å². The fourth-order valence-electron chi connectivity index (χ4n) is 2.38. The summed E-state index contributed by atoms with van der Waals surface area (Å²) >= 11 is 0. The molecule has 0 aromatic rings. The van der Waals surface area contributed by atoms with E-state index in [9.17, 15) is 9.59 Å². The van der Waals surface area contributed by atoms with Gasteiger partial charge in [0.05, 0.1) is 5.92 Å². The third-order valence-corrected chi connectivity index (χ3v) is 3.64. The average Bonchev–Trinajstić information content (AvgIpc) is 2.42. The lowest BCUT2D eigenvalue weighted by Crippen LogP contribution is -2.40. The monoisotopic (exact) mass is 271 g/mol. The lowest BCUT2D eigenvalue weighted by Gasteiger charge is -2.26. The Hall–Kier alpha value is -1.30. The van der Waals surface area contributed by atoms with Crippen molar-refractivity contribution >= 4 is 12.0 Å². The summed E-state index contributed by atoms with van der Waals surface area (Å²) in [5.74, 6) is -0.459. The van der Waals surface area contributed by atoms with Gasteiger partial charge in [0, 0.05) is 13.1 Å². The Morgan fingerprint density at radius 1 is 1.11 bits per heavy atom. The zero-order valence-electron chi connectivity index (χ0n) is 11.6. The Balaban J connectivity index is 2.06. The normalized spacial score (nSPS) is 22.8. The number of aliphatic carboxylic acids is 1. The molecule has 0 radical (unpaired) electrons. The molecule has 110 valence electrons. The van der Waals surface area contributed by atoms with E-state index >= 15 is 0 Å². The maximum Gasteiger partial charge on any atom is 0.314 e. The van der Waals surface area contributed by atoms with Crippen LogP contribution in [0.25, 0.3) is 0 Å². The molecule has 0 saturated heterocycles. The van der Waals surface area contributed by atoms with Crippen molar-refractivity contribution < 1.29 is 14.7 Å². The SMILES string of the molecule is CNCCCNC(=O)NCC1CCC(C(=O)O)CC1. The van der Waals surface area contributed by atoms with Gasteiger partial charge in [-0.15, -0.1) is 0 Å². The van der Waals surface area contributed by atoms with Crippen LogP contribution in [0.15, 0.2) is 0 Å². The largest absolute Gasteiger partial charge is 0.481 e. The van der Waals surface area contributed by atoms with Crippen molar-refractivity contribution in [2.75, 3.05) is 26.7 Å². The first-order valence-corrected chi connectivity index (χ1v) is 7.02. The third-order valence-electron chi connectivity index (χ3n) is 3.64. The van der Waals surface area contributed by atoms with Crippen molar-refractivity contribution in [3.05, 3.63) is 0 Å². The Bertz CT molecular complexity index is 289. The number of hydrogen-bond donors (Lipinski definition) is 4. The van der Waals surface area contributed by atoms with E-state index in [0.717, 1.165) is 38.6 Å². The highest BCUT2D eigenvalue weighted by molar-refractivity contribution is 5.73. The number of rotatable bonds is 7. The molecule has 19 heavy (non-hydrogen) atoms. The number of carbonyl (C=O) groups excluding carboxylic acids is 1. The van der Waals surface area contributed by atoms with Crippen LogP contribution in [0.5, 0.6) is 0 Å². The quantitative estimate of drug-likeness (QED) is 0.515. The Labute approximate surface area is 114 Å². The van der Waals surface area contributed by atoms with Gasteiger partial charge in [-0.1, -0.05) is 0 Å². The molecular weight excluding hydrogens is 246 g/mol. The molecule has 0 bridgehead atoms. The van der Waals surface area contributed by atoms with E-state index in [0.29, 0.717) is 19.0 Å². The second kappa shape index (κ2) is 8.74. The molecule has 1 rings (SSSR count). The molecule has 0 aromatic carbocycles. The summed E-state index contributed by atoms with van der Waals surface area (Å²) in [5, 5.41) is 17.6. The summed E-state index contributed by atoms with van der Waals surface area (Å²) in [6.07, 6.45) is 4.14. The summed E-state index contributed by atoms with van der Waals surface area (Å²) in [7, 11) is 1.88. The fraction of sp³-hybridized carbons (Fsp3) is 0.846. The molecule has 1 aliphatic rings. The maximum absolute atomic E-state index is 11.5. The van der Waals surface area contributed by atoms with E-state index < -0.39 is 5.97 Å². The first-order chi connectivity index (χ1) is 9.13. The van der Waals surface area contributed by atoms with Gasteiger partial charge in [-0.05, 0) is 51.6 Å². The highest BCUT2D eigenvalue weighted by atomic mass is 16.4. The van der Waals surface area contributed by atoms with Crippen LogP contribution in [0.2, 0.25) is 0 Å². The molecule has 0 atom stereocenters. The van der Waals surface area contributed by atoms with Crippen molar-refractivity contribution in [2.24, 2.45) is 11.8 Å². The van der Waals surface area contributed by atoms with Crippen LogP contribution in [-0.2, 0) is 4.79 Å². The standard InChI is InChI=1S/C13H25N3O3/c1-14-7-2-8-15-13(19)16-9-10-3-5-11(6-4-10)12(17)18/h10-11,14H,2-9H2,1H3,(H,17,18)(H2,15,16,19). The molecule has 1 saturated carbocycles. The number of nitrogens with one attached hydrogen (secondary N) is 3. The first-order valence-electron chi connectivity index (χ1n) is 7.02. The summed E-state index contributed by atoms with van der Waals surface area (Å²) in [6, 6.07) is -0.128. The molecule has 6 heteroatoms. The Morgan fingerprint density at radius 3 is 2.37 bits per heavy atom. The molecule has 0 spiro atoms. The number of carboxylic acid groups (broad SMARTS) is 1. The molecule has 2 amide bonds. The van der Waals surface area contributed by atoms with Crippen LogP contribution < -0.4 is 16.0 Å². The van der Waals surface area contributed by atoms with Gasteiger partial charge in [0.15, 0.2) is 0 Å². The number of amides is 2.